The van der Waals surface area contributed by atoms with Crippen LogP contribution in [0.1, 0.15) is 41.5 Å². The monoisotopic (exact) mass is 292 g/mol. The van der Waals surface area contributed by atoms with E-state index in [1.165, 1.54) is 0 Å². The molecule has 2 rings (SSSR count). The Balaban J connectivity index is 2.71. The van der Waals surface area contributed by atoms with Gasteiger partial charge in [-0.3, -0.25) is 0 Å². The van der Waals surface area contributed by atoms with Gasteiger partial charge in [0.1, 0.15) is 0 Å². The summed E-state index contributed by atoms with van der Waals surface area (Å²) >= 11 is 0. The molecule has 1 aromatic rings. The van der Waals surface area contributed by atoms with Crippen molar-refractivity contribution >= 4 is 27.0 Å². The lowest BCUT2D eigenvalue weighted by Gasteiger charge is -2.43. The number of rotatable bonds is 0. The summed E-state index contributed by atoms with van der Waals surface area (Å²) in [4.78, 5) is 0. The van der Waals surface area contributed by atoms with Crippen LogP contribution in [-0.4, -0.2) is 16.6 Å². The van der Waals surface area contributed by atoms with Gasteiger partial charge in [-0.1, -0.05) is 65.8 Å². The number of hydrogen-bond acceptors (Lipinski definition) is 1. The van der Waals surface area contributed by atoms with Crippen molar-refractivity contribution in [2.45, 2.75) is 64.7 Å². The van der Waals surface area contributed by atoms with Crippen LogP contribution in [0.5, 0.6) is 0 Å². The Morgan fingerprint density at radius 2 is 1.05 bits per heavy atom. The van der Waals surface area contributed by atoms with E-state index in [1.54, 1.807) is 10.4 Å². The summed E-state index contributed by atoms with van der Waals surface area (Å²) in [6.07, 6.45) is 0. The third-order valence-electron chi connectivity index (χ3n) is 5.23. The van der Waals surface area contributed by atoms with E-state index in [4.69, 9.17) is 4.12 Å². The predicted molar refractivity (Wildman–Crippen MR) is 89.5 cm³/mol. The zero-order valence-electron chi connectivity index (χ0n) is 13.7. The van der Waals surface area contributed by atoms with Crippen LogP contribution in [0.4, 0.5) is 0 Å². The molecule has 19 heavy (non-hydrogen) atoms. The molecule has 0 aliphatic carbocycles. The first-order chi connectivity index (χ1) is 8.43. The van der Waals surface area contributed by atoms with Gasteiger partial charge in [0.05, 0.1) is 0 Å². The van der Waals surface area contributed by atoms with Crippen LogP contribution in [0.15, 0.2) is 24.3 Å². The van der Waals surface area contributed by atoms with Gasteiger partial charge < -0.3 is 4.12 Å². The highest BCUT2D eigenvalue weighted by atomic mass is 28.4. The van der Waals surface area contributed by atoms with E-state index < -0.39 is 16.6 Å². The van der Waals surface area contributed by atoms with E-state index in [2.05, 4.69) is 78.9 Å². The maximum absolute atomic E-state index is 7.01. The molecule has 0 N–H and O–H groups in total. The van der Waals surface area contributed by atoms with Gasteiger partial charge in [-0.2, -0.15) is 0 Å². The third kappa shape index (κ3) is 1.98. The van der Waals surface area contributed by atoms with E-state index >= 15 is 0 Å². The molecular formula is C16H28OSi2. The Bertz CT molecular complexity index is 453. The van der Waals surface area contributed by atoms with Gasteiger partial charge in [-0.15, -0.1) is 0 Å². The first kappa shape index (κ1) is 15.0. The molecule has 0 unspecified atom stereocenters. The lowest BCUT2D eigenvalue weighted by Crippen LogP contribution is -2.55. The van der Waals surface area contributed by atoms with Crippen LogP contribution in [0.2, 0.25) is 23.2 Å². The summed E-state index contributed by atoms with van der Waals surface area (Å²) in [5.41, 5.74) is 0. The number of hydrogen-bond donors (Lipinski definition) is 0. The van der Waals surface area contributed by atoms with Gasteiger partial charge in [0.15, 0.2) is 0 Å². The van der Waals surface area contributed by atoms with Crippen LogP contribution in [0.25, 0.3) is 0 Å². The lowest BCUT2D eigenvalue weighted by molar-refractivity contribution is 0.471. The molecule has 0 saturated carbocycles. The fourth-order valence-corrected chi connectivity index (χ4v) is 14.6. The molecule has 0 spiro atoms. The minimum absolute atomic E-state index is 0.235. The first-order valence-electron chi connectivity index (χ1n) is 7.24. The Kier molecular flexibility index (Phi) is 3.21. The Morgan fingerprint density at radius 1 is 0.737 bits per heavy atom. The van der Waals surface area contributed by atoms with E-state index in [1.807, 2.05) is 0 Å². The summed E-state index contributed by atoms with van der Waals surface area (Å²) in [6.45, 7) is 18.9. The zero-order chi connectivity index (χ0) is 14.7. The smallest absolute Gasteiger partial charge is 0.214 e. The number of fused-ring (bicyclic) bond motifs is 1. The molecule has 1 aliphatic rings. The fourth-order valence-electron chi connectivity index (χ4n) is 2.95. The molecule has 0 radical (unpaired) electrons. The second-order valence-corrected chi connectivity index (χ2v) is 17.2. The third-order valence-corrected chi connectivity index (χ3v) is 17.4. The van der Waals surface area contributed by atoms with E-state index in [0.717, 1.165) is 0 Å². The Hall–Kier alpha value is -0.386. The molecule has 2 atom stereocenters. The van der Waals surface area contributed by atoms with Crippen molar-refractivity contribution in [1.29, 1.82) is 0 Å². The molecule has 0 amide bonds. The molecule has 1 aromatic carbocycles. The van der Waals surface area contributed by atoms with Gasteiger partial charge >= 0.3 is 0 Å². The zero-order valence-corrected chi connectivity index (χ0v) is 15.7. The van der Waals surface area contributed by atoms with Crippen LogP contribution >= 0.6 is 0 Å². The van der Waals surface area contributed by atoms with Gasteiger partial charge in [0.2, 0.25) is 16.6 Å². The molecule has 0 fully saturated rings. The second-order valence-electron chi connectivity index (χ2n) is 8.21. The summed E-state index contributed by atoms with van der Waals surface area (Å²) in [6, 6.07) is 9.03. The average Bonchev–Trinajstić information content (AvgIpc) is 2.50. The summed E-state index contributed by atoms with van der Waals surface area (Å²) < 4.78 is 7.01. The summed E-state index contributed by atoms with van der Waals surface area (Å²) in [5.74, 6) is 0. The maximum atomic E-state index is 7.01. The highest BCUT2D eigenvalue weighted by molar-refractivity contribution is 7.08. The quantitative estimate of drug-likeness (QED) is 0.659. The first-order valence-corrected chi connectivity index (χ1v) is 12.1. The topological polar surface area (TPSA) is 9.23 Å². The average molecular weight is 293 g/mol. The van der Waals surface area contributed by atoms with Crippen molar-refractivity contribution in [2.75, 3.05) is 0 Å². The van der Waals surface area contributed by atoms with Crippen molar-refractivity contribution in [3.05, 3.63) is 24.3 Å². The van der Waals surface area contributed by atoms with Crippen LogP contribution in [0.3, 0.4) is 0 Å². The fraction of sp³-hybridized carbons (Fsp3) is 0.625. The van der Waals surface area contributed by atoms with Crippen molar-refractivity contribution in [1.82, 2.24) is 0 Å². The van der Waals surface area contributed by atoms with E-state index in [0.29, 0.717) is 0 Å². The predicted octanol–water partition coefficient (Wildman–Crippen LogP) is 3.88. The Morgan fingerprint density at radius 3 is 1.32 bits per heavy atom. The van der Waals surface area contributed by atoms with E-state index in [9.17, 15) is 0 Å². The van der Waals surface area contributed by atoms with Crippen molar-refractivity contribution in [2.24, 2.45) is 0 Å². The number of benzene rings is 1. The minimum atomic E-state index is -1.89. The van der Waals surface area contributed by atoms with Gasteiger partial charge in [-0.25, -0.2) is 0 Å². The minimum Gasteiger partial charge on any atom is -0.448 e. The lowest BCUT2D eigenvalue weighted by atomic mass is 10.2. The standard InChI is InChI=1S/C16H28OSi2/c1-15(2,3)18(7)13-11-9-10-12-14(13)19(8,17-18)16(4,5)6/h9-12H,1-8H3/t18-,19-/m0/s1. The van der Waals surface area contributed by atoms with Gasteiger partial charge in [-0.05, 0) is 33.5 Å². The molecule has 0 aromatic heterocycles. The van der Waals surface area contributed by atoms with Crippen molar-refractivity contribution in [3.8, 4) is 0 Å². The molecule has 1 nitrogen and oxygen atoms in total. The maximum Gasteiger partial charge on any atom is 0.214 e. The van der Waals surface area contributed by atoms with Crippen molar-refractivity contribution < 1.29 is 4.12 Å². The SMILES string of the molecule is CC(C)(C)[Si@@]1(C)O[Si@](C)(C(C)(C)C)c2ccccc21. The van der Waals surface area contributed by atoms with Gasteiger partial charge in [0, 0.05) is 0 Å². The van der Waals surface area contributed by atoms with Crippen LogP contribution in [0, 0.1) is 0 Å². The Labute approximate surface area is 120 Å². The van der Waals surface area contributed by atoms with E-state index in [-0.39, 0.29) is 10.1 Å². The highest BCUT2D eigenvalue weighted by Gasteiger charge is 2.60. The molecule has 3 heteroatoms. The van der Waals surface area contributed by atoms with Crippen LogP contribution < -0.4 is 10.4 Å². The summed E-state index contributed by atoms with van der Waals surface area (Å²) in [5, 5.41) is 3.57. The molecule has 0 bridgehead atoms. The summed E-state index contributed by atoms with van der Waals surface area (Å²) in [7, 11) is -3.78. The van der Waals surface area contributed by atoms with Crippen LogP contribution in [-0.2, 0) is 4.12 Å². The molecule has 1 heterocycles. The molecule has 106 valence electrons. The second kappa shape index (κ2) is 4.06. The van der Waals surface area contributed by atoms with Gasteiger partial charge in [0.25, 0.3) is 0 Å². The highest BCUT2D eigenvalue weighted by Crippen LogP contribution is 2.47. The normalized spacial score (nSPS) is 31.4. The van der Waals surface area contributed by atoms with Crippen molar-refractivity contribution in [3.63, 3.8) is 0 Å². The molecule has 0 saturated heterocycles. The largest absolute Gasteiger partial charge is 0.448 e. The molecule has 1 aliphatic heterocycles. The molecular weight excluding hydrogens is 264 g/mol.